The van der Waals surface area contributed by atoms with E-state index < -0.39 is 11.0 Å². The Balaban J connectivity index is 1.27. The van der Waals surface area contributed by atoms with Crippen molar-refractivity contribution in [1.29, 1.82) is 0 Å². The zero-order chi connectivity index (χ0) is 20.8. The van der Waals surface area contributed by atoms with Crippen molar-refractivity contribution < 1.29 is 23.8 Å². The maximum Gasteiger partial charge on any atom is 0.312 e. The molecule has 0 spiro atoms. The molecule has 1 amide bonds. The van der Waals surface area contributed by atoms with E-state index in [0.29, 0.717) is 30.6 Å². The zero-order valence-electron chi connectivity index (χ0n) is 17.5. The SMILES string of the molecule is O=C(COC(=O)C12C[C@@H]3C[C@@H](CC(O)(C3)C1)C2)N(Cc1ccco1)C1=CCCCC1. The van der Waals surface area contributed by atoms with Gasteiger partial charge in [0.1, 0.15) is 5.76 Å². The van der Waals surface area contributed by atoms with Gasteiger partial charge < -0.3 is 19.2 Å². The lowest BCUT2D eigenvalue weighted by Gasteiger charge is -2.58. The number of aliphatic hydroxyl groups is 1. The summed E-state index contributed by atoms with van der Waals surface area (Å²) in [5.74, 6) is 1.02. The predicted octanol–water partition coefficient (Wildman–Crippen LogP) is 3.94. The van der Waals surface area contributed by atoms with Gasteiger partial charge in [0, 0.05) is 5.70 Å². The van der Waals surface area contributed by atoms with Crippen LogP contribution in [0.2, 0.25) is 0 Å². The quantitative estimate of drug-likeness (QED) is 0.715. The van der Waals surface area contributed by atoms with Crippen LogP contribution in [0.15, 0.2) is 34.6 Å². The maximum absolute atomic E-state index is 13.1. The summed E-state index contributed by atoms with van der Waals surface area (Å²) in [4.78, 5) is 27.9. The van der Waals surface area contributed by atoms with Crippen LogP contribution in [-0.4, -0.2) is 34.1 Å². The number of carbonyl (C=O) groups excluding carboxylic acids is 2. The molecule has 1 aromatic heterocycles. The number of amides is 1. The first-order valence-electron chi connectivity index (χ1n) is 11.4. The van der Waals surface area contributed by atoms with Gasteiger partial charge in [0.15, 0.2) is 6.61 Å². The summed E-state index contributed by atoms with van der Waals surface area (Å²) in [7, 11) is 0. The van der Waals surface area contributed by atoms with E-state index in [-0.39, 0.29) is 18.5 Å². The Morgan fingerprint density at radius 3 is 2.63 bits per heavy atom. The molecule has 1 heterocycles. The second-order valence-corrected chi connectivity index (χ2v) is 10.0. The fourth-order valence-electron chi connectivity index (χ4n) is 6.79. The second-order valence-electron chi connectivity index (χ2n) is 10.0. The summed E-state index contributed by atoms with van der Waals surface area (Å²) in [6.07, 6.45) is 12.5. The Morgan fingerprint density at radius 1 is 1.20 bits per heavy atom. The number of rotatable bonds is 6. The van der Waals surface area contributed by atoms with Crippen molar-refractivity contribution in [2.45, 2.75) is 76.4 Å². The van der Waals surface area contributed by atoms with Crippen LogP contribution < -0.4 is 0 Å². The predicted molar refractivity (Wildman–Crippen MR) is 109 cm³/mol. The van der Waals surface area contributed by atoms with Crippen molar-refractivity contribution in [2.24, 2.45) is 17.3 Å². The van der Waals surface area contributed by atoms with E-state index in [1.54, 1.807) is 11.2 Å². The first-order chi connectivity index (χ1) is 14.4. The van der Waals surface area contributed by atoms with E-state index in [1.165, 1.54) is 0 Å². The summed E-state index contributed by atoms with van der Waals surface area (Å²) in [6, 6.07) is 3.66. The first-order valence-corrected chi connectivity index (χ1v) is 11.4. The highest BCUT2D eigenvalue weighted by atomic mass is 16.5. The van der Waals surface area contributed by atoms with Gasteiger partial charge in [-0.05, 0) is 88.2 Å². The fraction of sp³-hybridized carbons (Fsp3) is 0.667. The molecule has 1 N–H and O–H groups in total. The smallest absolute Gasteiger partial charge is 0.312 e. The van der Waals surface area contributed by atoms with Gasteiger partial charge in [0.2, 0.25) is 0 Å². The van der Waals surface area contributed by atoms with Crippen molar-refractivity contribution in [3.05, 3.63) is 35.9 Å². The Bertz CT molecular complexity index is 828. The first kappa shape index (κ1) is 19.9. The number of nitrogens with zero attached hydrogens (tertiary/aromatic N) is 1. The zero-order valence-corrected chi connectivity index (χ0v) is 17.5. The van der Waals surface area contributed by atoms with Crippen LogP contribution in [0, 0.1) is 17.3 Å². The highest BCUT2D eigenvalue weighted by Crippen LogP contribution is 2.61. The van der Waals surface area contributed by atoms with E-state index in [1.807, 2.05) is 12.1 Å². The molecule has 162 valence electrons. The summed E-state index contributed by atoms with van der Waals surface area (Å²) in [5.41, 5.74) is -0.330. The minimum atomic E-state index is -0.717. The summed E-state index contributed by atoms with van der Waals surface area (Å²) in [5, 5.41) is 10.9. The van der Waals surface area contributed by atoms with Gasteiger partial charge in [0.25, 0.3) is 5.91 Å². The molecule has 4 bridgehead atoms. The molecule has 5 aliphatic rings. The van der Waals surface area contributed by atoms with Gasteiger partial charge in [-0.15, -0.1) is 0 Å². The van der Waals surface area contributed by atoms with Gasteiger partial charge in [-0.1, -0.05) is 6.08 Å². The van der Waals surface area contributed by atoms with Gasteiger partial charge >= 0.3 is 5.97 Å². The van der Waals surface area contributed by atoms with Crippen molar-refractivity contribution in [3.63, 3.8) is 0 Å². The Morgan fingerprint density at radius 2 is 2.00 bits per heavy atom. The molecular formula is C24H31NO5. The molecule has 0 radical (unpaired) electrons. The Kier molecular flexibility index (Phi) is 5.00. The molecule has 6 rings (SSSR count). The van der Waals surface area contributed by atoms with Crippen LogP contribution in [0.4, 0.5) is 0 Å². The van der Waals surface area contributed by atoms with Gasteiger partial charge in [-0.3, -0.25) is 9.59 Å². The number of esters is 1. The molecule has 0 aliphatic heterocycles. The minimum absolute atomic E-state index is 0.212. The highest BCUT2D eigenvalue weighted by Gasteiger charge is 2.61. The third kappa shape index (κ3) is 3.70. The van der Waals surface area contributed by atoms with Crippen LogP contribution in [0.1, 0.15) is 70.0 Å². The van der Waals surface area contributed by atoms with Crippen LogP contribution in [-0.2, 0) is 20.9 Å². The average Bonchev–Trinajstić information content (AvgIpc) is 3.22. The lowest BCUT2D eigenvalue weighted by Crippen LogP contribution is -2.58. The Labute approximate surface area is 177 Å². The average molecular weight is 414 g/mol. The number of allylic oxidation sites excluding steroid dienone is 2. The molecule has 6 heteroatoms. The van der Waals surface area contributed by atoms with Crippen molar-refractivity contribution in [3.8, 4) is 0 Å². The van der Waals surface area contributed by atoms with Gasteiger partial charge in [0.05, 0.1) is 23.8 Å². The molecular weight excluding hydrogens is 382 g/mol. The molecule has 4 saturated carbocycles. The van der Waals surface area contributed by atoms with E-state index in [2.05, 4.69) is 6.08 Å². The number of hydrogen-bond donors (Lipinski definition) is 1. The standard InChI is InChI=1S/C24H31NO5/c26-21(25(14-20-7-4-8-29-20)19-5-2-1-3-6-19)15-30-22(27)23-10-17-9-18(11-23)13-24(28,12-17)16-23/h4-5,7-8,17-18,28H,1-3,6,9-16H2/t17-,18+,23?,24?. The van der Waals surface area contributed by atoms with Crippen LogP contribution in [0.3, 0.4) is 0 Å². The van der Waals surface area contributed by atoms with Crippen molar-refractivity contribution in [1.82, 2.24) is 4.90 Å². The number of ether oxygens (including phenoxy) is 1. The number of carbonyl (C=O) groups is 2. The molecule has 1 aromatic rings. The van der Waals surface area contributed by atoms with E-state index in [0.717, 1.165) is 63.5 Å². The second kappa shape index (κ2) is 7.56. The molecule has 2 unspecified atom stereocenters. The van der Waals surface area contributed by atoms with Gasteiger partial charge in [-0.2, -0.15) is 0 Å². The summed E-state index contributed by atoms with van der Waals surface area (Å²) >= 11 is 0. The topological polar surface area (TPSA) is 80.0 Å². The highest BCUT2D eigenvalue weighted by molar-refractivity contribution is 5.84. The Hall–Kier alpha value is -2.08. The van der Waals surface area contributed by atoms with Crippen molar-refractivity contribution >= 4 is 11.9 Å². The maximum atomic E-state index is 13.1. The third-order valence-electron chi connectivity index (χ3n) is 7.60. The third-order valence-corrected chi connectivity index (χ3v) is 7.60. The molecule has 6 nitrogen and oxygen atoms in total. The van der Waals surface area contributed by atoms with Crippen molar-refractivity contribution in [2.75, 3.05) is 6.61 Å². The molecule has 4 fully saturated rings. The summed E-state index contributed by atoms with van der Waals surface area (Å²) in [6.45, 7) is 0.0939. The van der Waals surface area contributed by atoms with Crippen LogP contribution >= 0.6 is 0 Å². The molecule has 5 aliphatic carbocycles. The molecule has 30 heavy (non-hydrogen) atoms. The van der Waals surface area contributed by atoms with Gasteiger partial charge in [-0.25, -0.2) is 0 Å². The molecule has 0 aromatic carbocycles. The minimum Gasteiger partial charge on any atom is -0.467 e. The van der Waals surface area contributed by atoms with Crippen LogP contribution in [0.25, 0.3) is 0 Å². The number of hydrogen-bond acceptors (Lipinski definition) is 5. The molecule has 4 atom stereocenters. The van der Waals surface area contributed by atoms with E-state index >= 15 is 0 Å². The van der Waals surface area contributed by atoms with E-state index in [4.69, 9.17) is 9.15 Å². The lowest BCUT2D eigenvalue weighted by atomic mass is 9.48. The van der Waals surface area contributed by atoms with Crippen LogP contribution in [0.5, 0.6) is 0 Å². The lowest BCUT2D eigenvalue weighted by molar-refractivity contribution is -0.196. The molecule has 0 saturated heterocycles. The number of furan rings is 1. The normalized spacial score (nSPS) is 34.5. The monoisotopic (exact) mass is 413 g/mol. The fourth-order valence-corrected chi connectivity index (χ4v) is 6.79. The largest absolute Gasteiger partial charge is 0.467 e. The van der Waals surface area contributed by atoms with E-state index in [9.17, 15) is 14.7 Å². The summed E-state index contributed by atoms with van der Waals surface area (Å²) < 4.78 is 11.1.